The molecule has 0 aliphatic heterocycles. The van der Waals surface area contributed by atoms with Crippen LogP contribution < -0.4 is 5.73 Å². The number of halogens is 1. The average molecular weight is 341 g/mol. The number of aryl methyl sites for hydroxylation is 1. The fourth-order valence-corrected chi connectivity index (χ4v) is 2.64. The molecule has 0 bridgehead atoms. The van der Waals surface area contributed by atoms with E-state index < -0.39 is 0 Å². The minimum absolute atomic E-state index is 0.385. The molecule has 0 saturated carbocycles. The molecule has 0 amide bonds. The lowest BCUT2D eigenvalue weighted by atomic mass is 10.1. The van der Waals surface area contributed by atoms with E-state index in [1.165, 1.54) is 5.56 Å². The fourth-order valence-electron chi connectivity index (χ4n) is 1.68. The van der Waals surface area contributed by atoms with Crippen molar-refractivity contribution in [1.29, 1.82) is 0 Å². The van der Waals surface area contributed by atoms with Gasteiger partial charge in [-0.3, -0.25) is 0 Å². The fraction of sp³-hybridized carbons (Fsp3) is 0.308. The molecule has 0 fully saturated rings. The van der Waals surface area contributed by atoms with Crippen molar-refractivity contribution >= 4 is 28.4 Å². The normalized spacial score (nSPS) is 11.1. The Bertz CT molecular complexity index is 526. The zero-order valence-electron chi connectivity index (χ0n) is 10.2. The molecule has 90 valence electrons. The maximum Gasteiger partial charge on any atom is 0.141 e. The largest absolute Gasteiger partial charge is 0.383 e. The lowest BCUT2D eigenvalue weighted by Gasteiger charge is -2.04. The Morgan fingerprint density at radius 1 is 1.24 bits per heavy atom. The highest BCUT2D eigenvalue weighted by molar-refractivity contribution is 14.1. The first-order chi connectivity index (χ1) is 8.00. The van der Waals surface area contributed by atoms with Crippen LogP contribution in [0.1, 0.15) is 31.0 Å². The first kappa shape index (κ1) is 12.4. The van der Waals surface area contributed by atoms with Crippen molar-refractivity contribution < 1.29 is 0 Å². The Morgan fingerprint density at radius 2 is 1.82 bits per heavy atom. The van der Waals surface area contributed by atoms with Gasteiger partial charge in [0.2, 0.25) is 0 Å². The molecule has 0 radical (unpaired) electrons. The molecule has 0 saturated heterocycles. The molecule has 17 heavy (non-hydrogen) atoms. The molecule has 0 aliphatic rings. The molecule has 0 spiro atoms. The van der Waals surface area contributed by atoms with Crippen molar-refractivity contribution in [3.05, 3.63) is 39.1 Å². The first-order valence-corrected chi connectivity index (χ1v) is 6.69. The van der Waals surface area contributed by atoms with E-state index in [0.717, 1.165) is 20.8 Å². The van der Waals surface area contributed by atoms with E-state index >= 15 is 0 Å². The molecule has 2 aromatic rings. The number of nitrogens with zero attached hydrogens (tertiary/aromatic N) is 2. The highest BCUT2D eigenvalue weighted by atomic mass is 127. The maximum absolute atomic E-state index is 6.10. The highest BCUT2D eigenvalue weighted by Crippen LogP contribution is 2.27. The van der Waals surface area contributed by atoms with Gasteiger partial charge in [-0.2, -0.15) is 5.10 Å². The van der Waals surface area contributed by atoms with Crippen LogP contribution in [0, 0.1) is 10.5 Å². The number of nitrogens with two attached hydrogens (primary N) is 1. The second kappa shape index (κ2) is 4.68. The van der Waals surface area contributed by atoms with Crippen LogP contribution in [0.3, 0.4) is 0 Å². The molecule has 1 aromatic carbocycles. The summed E-state index contributed by atoms with van der Waals surface area (Å²) in [5, 5.41) is 4.59. The van der Waals surface area contributed by atoms with Crippen LogP contribution in [0.4, 0.5) is 5.82 Å². The molecule has 0 unspecified atom stereocenters. The monoisotopic (exact) mass is 341 g/mol. The molecule has 2 rings (SSSR count). The van der Waals surface area contributed by atoms with E-state index in [9.17, 15) is 0 Å². The lowest BCUT2D eigenvalue weighted by Crippen LogP contribution is -2.02. The zero-order chi connectivity index (χ0) is 12.6. The van der Waals surface area contributed by atoms with Crippen molar-refractivity contribution in [2.24, 2.45) is 0 Å². The van der Waals surface area contributed by atoms with E-state index in [4.69, 9.17) is 5.73 Å². The number of nitrogen functional groups attached to an aromatic ring is 1. The highest BCUT2D eigenvalue weighted by Gasteiger charge is 2.16. The third-order valence-corrected chi connectivity index (χ3v) is 3.82. The standard InChI is InChI=1S/C13H16IN3/c1-8(2)12-11(14)13(15)17(16-12)10-6-4-9(3)5-7-10/h4-8H,15H2,1-3H3. The third kappa shape index (κ3) is 2.31. The number of aromatic nitrogens is 2. The maximum atomic E-state index is 6.10. The molecule has 4 heteroatoms. The molecule has 1 aromatic heterocycles. The second-order valence-electron chi connectivity index (χ2n) is 4.49. The summed E-state index contributed by atoms with van der Waals surface area (Å²) in [6, 6.07) is 8.22. The molecule has 1 heterocycles. The summed E-state index contributed by atoms with van der Waals surface area (Å²) in [5.74, 6) is 1.11. The number of rotatable bonds is 2. The Hall–Kier alpha value is -1.04. The third-order valence-electron chi connectivity index (χ3n) is 2.71. The summed E-state index contributed by atoms with van der Waals surface area (Å²) in [7, 11) is 0. The van der Waals surface area contributed by atoms with Gasteiger partial charge >= 0.3 is 0 Å². The van der Waals surface area contributed by atoms with Gasteiger partial charge in [-0.05, 0) is 47.6 Å². The van der Waals surface area contributed by atoms with Crippen LogP contribution in [-0.2, 0) is 0 Å². The molecular weight excluding hydrogens is 325 g/mol. The van der Waals surface area contributed by atoms with E-state index in [1.807, 2.05) is 16.8 Å². The van der Waals surface area contributed by atoms with Gasteiger partial charge in [0.05, 0.1) is 15.0 Å². The topological polar surface area (TPSA) is 43.8 Å². The molecule has 0 aliphatic carbocycles. The van der Waals surface area contributed by atoms with E-state index in [-0.39, 0.29) is 0 Å². The predicted octanol–water partition coefficient (Wildman–Crippen LogP) is 3.49. The lowest BCUT2D eigenvalue weighted by molar-refractivity contribution is 0.769. The van der Waals surface area contributed by atoms with Crippen LogP contribution in [0.25, 0.3) is 5.69 Å². The second-order valence-corrected chi connectivity index (χ2v) is 5.57. The van der Waals surface area contributed by atoms with Gasteiger partial charge in [0, 0.05) is 0 Å². The van der Waals surface area contributed by atoms with Crippen LogP contribution in [0.15, 0.2) is 24.3 Å². The molecule has 2 N–H and O–H groups in total. The number of benzene rings is 1. The van der Waals surface area contributed by atoms with Gasteiger partial charge in [-0.15, -0.1) is 0 Å². The predicted molar refractivity (Wildman–Crippen MR) is 79.5 cm³/mol. The summed E-state index contributed by atoms with van der Waals surface area (Å²) in [6.07, 6.45) is 0. The molecule has 0 atom stereocenters. The van der Waals surface area contributed by atoms with Gasteiger partial charge in [-0.25, -0.2) is 4.68 Å². The number of hydrogen-bond donors (Lipinski definition) is 1. The summed E-state index contributed by atoms with van der Waals surface area (Å²) in [5.41, 5.74) is 9.41. The van der Waals surface area contributed by atoms with Crippen LogP contribution in [0.5, 0.6) is 0 Å². The van der Waals surface area contributed by atoms with Crippen molar-refractivity contribution in [2.45, 2.75) is 26.7 Å². The summed E-state index contributed by atoms with van der Waals surface area (Å²) in [4.78, 5) is 0. The van der Waals surface area contributed by atoms with Crippen molar-refractivity contribution in [1.82, 2.24) is 9.78 Å². The van der Waals surface area contributed by atoms with Crippen LogP contribution in [-0.4, -0.2) is 9.78 Å². The van der Waals surface area contributed by atoms with Gasteiger partial charge in [0.25, 0.3) is 0 Å². The Kier molecular flexibility index (Phi) is 3.42. The minimum atomic E-state index is 0.385. The summed E-state index contributed by atoms with van der Waals surface area (Å²) < 4.78 is 2.87. The van der Waals surface area contributed by atoms with Gasteiger partial charge < -0.3 is 5.73 Å². The van der Waals surface area contributed by atoms with Gasteiger partial charge in [0.15, 0.2) is 0 Å². The van der Waals surface area contributed by atoms with Gasteiger partial charge in [0.1, 0.15) is 5.82 Å². The SMILES string of the molecule is Cc1ccc(-n2nc(C(C)C)c(I)c2N)cc1. The van der Waals surface area contributed by atoms with E-state index in [0.29, 0.717) is 5.92 Å². The Morgan fingerprint density at radius 3 is 2.29 bits per heavy atom. The number of anilines is 1. The smallest absolute Gasteiger partial charge is 0.141 e. The summed E-state index contributed by atoms with van der Waals surface area (Å²) >= 11 is 2.27. The number of hydrogen-bond acceptors (Lipinski definition) is 2. The van der Waals surface area contributed by atoms with Crippen molar-refractivity contribution in [2.75, 3.05) is 5.73 Å². The Balaban J connectivity index is 2.53. The minimum Gasteiger partial charge on any atom is -0.383 e. The molecule has 3 nitrogen and oxygen atoms in total. The van der Waals surface area contributed by atoms with Crippen molar-refractivity contribution in [3.8, 4) is 5.69 Å². The van der Waals surface area contributed by atoms with E-state index in [2.05, 4.69) is 60.6 Å². The summed E-state index contributed by atoms with van der Waals surface area (Å²) in [6.45, 7) is 6.33. The molecular formula is C13H16IN3. The van der Waals surface area contributed by atoms with E-state index in [1.54, 1.807) is 0 Å². The van der Waals surface area contributed by atoms with Gasteiger partial charge in [-0.1, -0.05) is 31.5 Å². The van der Waals surface area contributed by atoms with Crippen LogP contribution >= 0.6 is 22.6 Å². The Labute approximate surface area is 115 Å². The average Bonchev–Trinajstić information content (AvgIpc) is 2.58. The van der Waals surface area contributed by atoms with Crippen LogP contribution in [0.2, 0.25) is 0 Å². The quantitative estimate of drug-likeness (QED) is 0.850. The first-order valence-electron chi connectivity index (χ1n) is 5.61. The zero-order valence-corrected chi connectivity index (χ0v) is 12.4. The van der Waals surface area contributed by atoms with Crippen molar-refractivity contribution in [3.63, 3.8) is 0 Å².